The molecule has 2 aliphatic heterocycles. The molecule has 30 heavy (non-hydrogen) atoms. The monoisotopic (exact) mass is 410 g/mol. The van der Waals surface area contributed by atoms with Crippen molar-refractivity contribution in [2.75, 3.05) is 32.3 Å². The summed E-state index contributed by atoms with van der Waals surface area (Å²) < 4.78 is 15.4. The molecule has 1 unspecified atom stereocenters. The highest BCUT2D eigenvalue weighted by atomic mass is 16.7. The fourth-order valence-corrected chi connectivity index (χ4v) is 3.74. The maximum Gasteiger partial charge on any atom is 0.339 e. The quantitative estimate of drug-likeness (QED) is 0.614. The van der Waals surface area contributed by atoms with E-state index in [4.69, 9.17) is 14.2 Å². The minimum atomic E-state index is -0.527. The van der Waals surface area contributed by atoms with Crippen molar-refractivity contribution in [2.24, 2.45) is 5.92 Å². The van der Waals surface area contributed by atoms with Gasteiger partial charge in [-0.1, -0.05) is 12.1 Å². The number of hydrogen-bond acceptors (Lipinski definition) is 6. The smallest absolute Gasteiger partial charge is 0.339 e. The van der Waals surface area contributed by atoms with Gasteiger partial charge in [0, 0.05) is 24.6 Å². The first-order valence-electron chi connectivity index (χ1n) is 9.74. The minimum Gasteiger partial charge on any atom is -0.465 e. The van der Waals surface area contributed by atoms with E-state index in [2.05, 4.69) is 5.32 Å². The zero-order chi connectivity index (χ0) is 21.1. The third-order valence-corrected chi connectivity index (χ3v) is 5.31. The summed E-state index contributed by atoms with van der Waals surface area (Å²) in [5.74, 6) is 0.327. The van der Waals surface area contributed by atoms with Crippen molar-refractivity contribution >= 4 is 23.5 Å². The molecule has 8 nitrogen and oxygen atoms in total. The Labute approximate surface area is 173 Å². The summed E-state index contributed by atoms with van der Waals surface area (Å²) in [6, 6.07) is 11.4. The number of carbonyl (C=O) groups excluding carboxylic acids is 3. The van der Waals surface area contributed by atoms with Crippen LogP contribution >= 0.6 is 0 Å². The highest BCUT2D eigenvalue weighted by Crippen LogP contribution is 2.34. The van der Waals surface area contributed by atoms with Crippen molar-refractivity contribution in [1.82, 2.24) is 4.90 Å². The molecule has 1 saturated heterocycles. The summed E-state index contributed by atoms with van der Waals surface area (Å²) in [6.45, 7) is 0.994. The minimum absolute atomic E-state index is 0.0271. The number of ketones is 1. The number of fused-ring (bicyclic) bond motifs is 1. The molecule has 0 radical (unpaired) electrons. The fraction of sp³-hybridized carbons (Fsp3) is 0.318. The third kappa shape index (κ3) is 3.94. The summed E-state index contributed by atoms with van der Waals surface area (Å²) in [4.78, 5) is 39.3. The first kappa shape index (κ1) is 19.8. The molecule has 0 aromatic heterocycles. The summed E-state index contributed by atoms with van der Waals surface area (Å²) in [5, 5.41) is 2.77. The number of nitrogens with zero attached hydrogens (tertiary/aromatic N) is 1. The van der Waals surface area contributed by atoms with E-state index in [0.717, 1.165) is 0 Å². The van der Waals surface area contributed by atoms with Gasteiger partial charge in [-0.05, 0) is 43.2 Å². The van der Waals surface area contributed by atoms with Crippen LogP contribution in [0.4, 0.5) is 10.5 Å². The van der Waals surface area contributed by atoms with Gasteiger partial charge < -0.3 is 24.4 Å². The number of carbonyl (C=O) groups is 3. The standard InChI is InChI=1S/C22H22N2O6/c1-28-21(26)16-6-2-3-7-17(16)23-22(27)24-10-4-5-15(12-24)20(25)14-8-9-18-19(11-14)30-13-29-18/h2-3,6-9,11,15H,4-5,10,12-13H2,1H3,(H,23,27). The highest BCUT2D eigenvalue weighted by Gasteiger charge is 2.30. The third-order valence-electron chi connectivity index (χ3n) is 5.31. The van der Waals surface area contributed by atoms with Crippen molar-refractivity contribution in [3.05, 3.63) is 53.6 Å². The number of Topliss-reactive ketones (excluding diaryl/α,β-unsaturated/α-hetero) is 1. The Morgan fingerprint density at radius 2 is 1.90 bits per heavy atom. The number of urea groups is 1. The number of esters is 1. The van der Waals surface area contributed by atoms with Gasteiger partial charge in [-0.15, -0.1) is 0 Å². The van der Waals surface area contributed by atoms with E-state index in [1.54, 1.807) is 47.4 Å². The average Bonchev–Trinajstić information content (AvgIpc) is 3.26. The molecular formula is C22H22N2O6. The number of hydrogen-bond donors (Lipinski definition) is 1. The van der Waals surface area contributed by atoms with Gasteiger partial charge in [-0.3, -0.25) is 4.79 Å². The van der Waals surface area contributed by atoms with E-state index in [0.29, 0.717) is 48.7 Å². The normalized spacial score (nSPS) is 17.4. The van der Waals surface area contributed by atoms with Gasteiger partial charge in [-0.25, -0.2) is 9.59 Å². The Balaban J connectivity index is 1.44. The molecule has 2 aromatic rings. The lowest BCUT2D eigenvalue weighted by molar-refractivity contribution is 0.0601. The first-order chi connectivity index (χ1) is 14.6. The van der Waals surface area contributed by atoms with Gasteiger partial charge in [0.1, 0.15) is 0 Å². The van der Waals surface area contributed by atoms with E-state index in [9.17, 15) is 14.4 Å². The Kier molecular flexibility index (Phi) is 5.56. The molecule has 2 aromatic carbocycles. The summed E-state index contributed by atoms with van der Waals surface area (Å²) >= 11 is 0. The van der Waals surface area contributed by atoms with E-state index in [1.165, 1.54) is 7.11 Å². The molecule has 4 rings (SSSR count). The van der Waals surface area contributed by atoms with Gasteiger partial charge in [0.15, 0.2) is 17.3 Å². The van der Waals surface area contributed by atoms with Crippen LogP contribution in [-0.2, 0) is 4.74 Å². The molecule has 2 aliphatic rings. The number of piperidine rings is 1. The largest absolute Gasteiger partial charge is 0.465 e. The maximum atomic E-state index is 13.0. The molecule has 0 aliphatic carbocycles. The van der Waals surface area contributed by atoms with E-state index in [1.807, 2.05) is 0 Å². The van der Waals surface area contributed by atoms with Gasteiger partial charge in [-0.2, -0.15) is 0 Å². The number of para-hydroxylation sites is 1. The zero-order valence-electron chi connectivity index (χ0n) is 16.6. The van der Waals surface area contributed by atoms with E-state index < -0.39 is 5.97 Å². The predicted molar refractivity (Wildman–Crippen MR) is 108 cm³/mol. The molecule has 8 heteroatoms. The molecular weight excluding hydrogens is 388 g/mol. The maximum absolute atomic E-state index is 13.0. The van der Waals surface area contributed by atoms with Gasteiger partial charge in [0.05, 0.1) is 18.4 Å². The lowest BCUT2D eigenvalue weighted by atomic mass is 9.90. The Hall–Kier alpha value is -3.55. The van der Waals surface area contributed by atoms with Crippen LogP contribution in [0.3, 0.4) is 0 Å². The Bertz CT molecular complexity index is 989. The average molecular weight is 410 g/mol. The summed E-state index contributed by atoms with van der Waals surface area (Å²) in [5.41, 5.74) is 1.19. The second-order valence-electron chi connectivity index (χ2n) is 7.18. The fourth-order valence-electron chi connectivity index (χ4n) is 3.74. The van der Waals surface area contributed by atoms with Gasteiger partial charge in [0.2, 0.25) is 6.79 Å². The molecule has 1 atom stereocenters. The van der Waals surface area contributed by atoms with Crippen molar-refractivity contribution in [2.45, 2.75) is 12.8 Å². The molecule has 0 saturated carbocycles. The molecule has 2 heterocycles. The van der Waals surface area contributed by atoms with Crippen molar-refractivity contribution in [1.29, 1.82) is 0 Å². The second-order valence-corrected chi connectivity index (χ2v) is 7.18. The summed E-state index contributed by atoms with van der Waals surface area (Å²) in [6.07, 6.45) is 1.42. The number of amides is 2. The number of benzene rings is 2. The SMILES string of the molecule is COC(=O)c1ccccc1NC(=O)N1CCCC(C(=O)c2ccc3c(c2)OCO3)C1. The number of nitrogens with one attached hydrogen (secondary N) is 1. The van der Waals surface area contributed by atoms with Crippen LogP contribution in [0.25, 0.3) is 0 Å². The topological polar surface area (TPSA) is 94.2 Å². The Morgan fingerprint density at radius 1 is 1.10 bits per heavy atom. The van der Waals surface area contributed by atoms with Crippen LogP contribution in [0.2, 0.25) is 0 Å². The van der Waals surface area contributed by atoms with Gasteiger partial charge in [0.25, 0.3) is 0 Å². The number of rotatable bonds is 4. The molecule has 0 spiro atoms. The van der Waals surface area contributed by atoms with Crippen LogP contribution in [0.1, 0.15) is 33.6 Å². The molecule has 1 N–H and O–H groups in total. The van der Waals surface area contributed by atoms with Crippen molar-refractivity contribution in [3.63, 3.8) is 0 Å². The second kappa shape index (κ2) is 8.44. The highest BCUT2D eigenvalue weighted by molar-refractivity contribution is 6.01. The number of likely N-dealkylation sites (tertiary alicyclic amines) is 1. The van der Waals surface area contributed by atoms with Crippen LogP contribution < -0.4 is 14.8 Å². The van der Waals surface area contributed by atoms with E-state index >= 15 is 0 Å². The van der Waals surface area contributed by atoms with Crippen molar-refractivity contribution in [3.8, 4) is 11.5 Å². The first-order valence-corrected chi connectivity index (χ1v) is 9.74. The zero-order valence-corrected chi connectivity index (χ0v) is 16.6. The lowest BCUT2D eigenvalue weighted by Crippen LogP contribution is -2.44. The van der Waals surface area contributed by atoms with Gasteiger partial charge >= 0.3 is 12.0 Å². The Morgan fingerprint density at radius 3 is 2.73 bits per heavy atom. The number of methoxy groups -OCH3 is 1. The van der Waals surface area contributed by atoms with Crippen LogP contribution in [-0.4, -0.2) is 49.7 Å². The van der Waals surface area contributed by atoms with E-state index in [-0.39, 0.29) is 30.1 Å². The molecule has 0 bridgehead atoms. The van der Waals surface area contributed by atoms with Crippen molar-refractivity contribution < 1.29 is 28.6 Å². The molecule has 1 fully saturated rings. The van der Waals surface area contributed by atoms with Crippen LogP contribution in [0, 0.1) is 5.92 Å². The lowest BCUT2D eigenvalue weighted by Gasteiger charge is -2.32. The molecule has 2 amide bonds. The summed E-state index contributed by atoms with van der Waals surface area (Å²) in [7, 11) is 1.29. The molecule has 156 valence electrons. The number of ether oxygens (including phenoxy) is 3. The predicted octanol–water partition coefficient (Wildman–Crippen LogP) is 3.33. The van der Waals surface area contributed by atoms with Crippen LogP contribution in [0.15, 0.2) is 42.5 Å². The number of anilines is 1. The van der Waals surface area contributed by atoms with Crippen LogP contribution in [0.5, 0.6) is 11.5 Å².